The van der Waals surface area contributed by atoms with Gasteiger partial charge < -0.3 is 9.52 Å². The number of hydrogen-bond donors (Lipinski definition) is 1. The fraction of sp³-hybridized carbons (Fsp3) is 0.300. The van der Waals surface area contributed by atoms with Crippen LogP contribution >= 0.6 is 11.3 Å². The number of furan rings is 1. The second kappa shape index (κ2) is 3.94. The molecule has 0 aromatic carbocycles. The highest BCUT2D eigenvalue weighted by Crippen LogP contribution is 2.19. The van der Waals surface area contributed by atoms with Crippen molar-refractivity contribution in [2.24, 2.45) is 0 Å². The molecule has 0 aliphatic carbocycles. The summed E-state index contributed by atoms with van der Waals surface area (Å²) in [5, 5.41) is 12.8. The molecule has 0 spiro atoms. The average Bonchev–Trinajstić information content (AvgIpc) is 2.75. The van der Waals surface area contributed by atoms with Gasteiger partial charge in [0.05, 0.1) is 29.3 Å². The molecule has 0 fully saturated rings. The summed E-state index contributed by atoms with van der Waals surface area (Å²) >= 11 is 1.60. The average molecular weight is 209 g/mol. The van der Waals surface area contributed by atoms with Gasteiger partial charge in [-0.2, -0.15) is 0 Å². The van der Waals surface area contributed by atoms with Crippen molar-refractivity contribution in [2.75, 3.05) is 0 Å². The summed E-state index contributed by atoms with van der Waals surface area (Å²) < 4.78 is 4.90. The third kappa shape index (κ3) is 2.02. The minimum absolute atomic E-state index is 0.518. The lowest BCUT2D eigenvalue weighted by Crippen LogP contribution is -2.00. The molecule has 0 amide bonds. The Bertz CT molecular complexity index is 394. The molecule has 1 atom stereocenters. The van der Waals surface area contributed by atoms with Gasteiger partial charge in [-0.05, 0) is 13.0 Å². The minimum Gasteiger partial charge on any atom is -0.472 e. The van der Waals surface area contributed by atoms with Crippen LogP contribution < -0.4 is 0 Å². The van der Waals surface area contributed by atoms with Gasteiger partial charge in [0.25, 0.3) is 0 Å². The summed E-state index contributed by atoms with van der Waals surface area (Å²) in [7, 11) is 0. The molecule has 0 aliphatic rings. The SMILES string of the molecule is Cc1nc(CC(O)c2ccoc2)cs1. The standard InChI is InChI=1S/C10H11NO2S/c1-7-11-9(6-14-7)4-10(12)8-2-3-13-5-8/h2-3,5-6,10,12H,4H2,1H3. The molecule has 2 aromatic heterocycles. The van der Waals surface area contributed by atoms with Crippen LogP contribution in [0.1, 0.15) is 22.4 Å². The van der Waals surface area contributed by atoms with E-state index in [1.54, 1.807) is 29.9 Å². The zero-order valence-corrected chi connectivity index (χ0v) is 8.62. The Morgan fingerprint density at radius 3 is 3.07 bits per heavy atom. The molecule has 14 heavy (non-hydrogen) atoms. The van der Waals surface area contributed by atoms with Crippen molar-refractivity contribution in [3.05, 3.63) is 40.2 Å². The van der Waals surface area contributed by atoms with Crippen LogP contribution in [0.15, 0.2) is 28.4 Å². The molecule has 1 unspecified atom stereocenters. The summed E-state index contributed by atoms with van der Waals surface area (Å²) in [6.07, 6.45) is 3.15. The van der Waals surface area contributed by atoms with Gasteiger partial charge in [0.1, 0.15) is 0 Å². The first-order valence-corrected chi connectivity index (χ1v) is 5.25. The Hall–Kier alpha value is -1.13. The van der Waals surface area contributed by atoms with E-state index in [-0.39, 0.29) is 0 Å². The Morgan fingerprint density at radius 1 is 1.64 bits per heavy atom. The number of rotatable bonds is 3. The van der Waals surface area contributed by atoms with Gasteiger partial charge in [-0.1, -0.05) is 0 Å². The van der Waals surface area contributed by atoms with E-state index in [9.17, 15) is 5.11 Å². The van der Waals surface area contributed by atoms with Crippen LogP contribution in [0.3, 0.4) is 0 Å². The molecule has 4 heteroatoms. The molecule has 2 rings (SSSR count). The maximum atomic E-state index is 9.78. The summed E-state index contributed by atoms with van der Waals surface area (Å²) in [6, 6.07) is 1.77. The molecule has 0 saturated carbocycles. The molecule has 0 bridgehead atoms. The van der Waals surface area contributed by atoms with E-state index in [1.165, 1.54) is 0 Å². The first-order chi connectivity index (χ1) is 6.75. The number of aromatic nitrogens is 1. The van der Waals surface area contributed by atoms with E-state index in [0.717, 1.165) is 16.3 Å². The zero-order chi connectivity index (χ0) is 9.97. The predicted octanol–water partition coefficient (Wildman–Crippen LogP) is 2.32. The van der Waals surface area contributed by atoms with E-state index >= 15 is 0 Å². The second-order valence-corrected chi connectivity index (χ2v) is 4.20. The van der Waals surface area contributed by atoms with Gasteiger partial charge >= 0.3 is 0 Å². The fourth-order valence-corrected chi connectivity index (χ4v) is 1.91. The van der Waals surface area contributed by atoms with Gasteiger partial charge in [0, 0.05) is 17.4 Å². The van der Waals surface area contributed by atoms with Gasteiger partial charge in [0.15, 0.2) is 0 Å². The quantitative estimate of drug-likeness (QED) is 0.843. The van der Waals surface area contributed by atoms with Crippen LogP contribution in [0.4, 0.5) is 0 Å². The number of aliphatic hydroxyl groups excluding tert-OH is 1. The van der Waals surface area contributed by atoms with Crippen molar-refractivity contribution in [1.82, 2.24) is 4.98 Å². The van der Waals surface area contributed by atoms with Crippen LogP contribution in [-0.2, 0) is 6.42 Å². The molecule has 2 aromatic rings. The van der Waals surface area contributed by atoms with Crippen molar-refractivity contribution < 1.29 is 9.52 Å². The Labute approximate surface area is 86.0 Å². The number of hydrogen-bond acceptors (Lipinski definition) is 4. The molecule has 2 heterocycles. The third-order valence-electron chi connectivity index (χ3n) is 2.00. The van der Waals surface area contributed by atoms with Crippen molar-refractivity contribution in [1.29, 1.82) is 0 Å². The Balaban J connectivity index is 2.05. The van der Waals surface area contributed by atoms with E-state index < -0.39 is 6.10 Å². The maximum absolute atomic E-state index is 9.78. The first-order valence-electron chi connectivity index (χ1n) is 4.37. The number of thiazole rings is 1. The summed E-state index contributed by atoms with van der Waals surface area (Å²) in [4.78, 5) is 4.29. The van der Waals surface area contributed by atoms with Gasteiger partial charge in [-0.3, -0.25) is 0 Å². The fourth-order valence-electron chi connectivity index (χ4n) is 1.28. The van der Waals surface area contributed by atoms with Crippen molar-refractivity contribution in [3.63, 3.8) is 0 Å². The highest BCUT2D eigenvalue weighted by Gasteiger charge is 2.11. The lowest BCUT2D eigenvalue weighted by molar-refractivity contribution is 0.176. The van der Waals surface area contributed by atoms with Gasteiger partial charge in [0.2, 0.25) is 0 Å². The molecular weight excluding hydrogens is 198 g/mol. The van der Waals surface area contributed by atoms with Crippen LogP contribution in [-0.4, -0.2) is 10.1 Å². The second-order valence-electron chi connectivity index (χ2n) is 3.13. The van der Waals surface area contributed by atoms with Crippen molar-refractivity contribution in [2.45, 2.75) is 19.4 Å². The van der Waals surface area contributed by atoms with Crippen LogP contribution in [0.5, 0.6) is 0 Å². The number of aliphatic hydroxyl groups is 1. The van der Waals surface area contributed by atoms with Gasteiger partial charge in [-0.15, -0.1) is 11.3 Å². The van der Waals surface area contributed by atoms with E-state index in [0.29, 0.717) is 6.42 Å². The lowest BCUT2D eigenvalue weighted by atomic mass is 10.1. The molecular formula is C10H11NO2S. The molecule has 74 valence electrons. The van der Waals surface area contributed by atoms with Crippen molar-refractivity contribution >= 4 is 11.3 Å². The topological polar surface area (TPSA) is 46.3 Å². The molecule has 1 N–H and O–H groups in total. The summed E-state index contributed by atoms with van der Waals surface area (Å²) in [6.45, 7) is 1.96. The minimum atomic E-state index is -0.518. The Morgan fingerprint density at radius 2 is 2.50 bits per heavy atom. The van der Waals surface area contributed by atoms with Gasteiger partial charge in [-0.25, -0.2) is 4.98 Å². The lowest BCUT2D eigenvalue weighted by Gasteiger charge is -2.04. The van der Waals surface area contributed by atoms with E-state index in [2.05, 4.69) is 4.98 Å². The van der Waals surface area contributed by atoms with Crippen LogP contribution in [0.2, 0.25) is 0 Å². The monoisotopic (exact) mass is 209 g/mol. The number of aryl methyl sites for hydroxylation is 1. The van der Waals surface area contributed by atoms with Crippen LogP contribution in [0, 0.1) is 6.92 Å². The highest BCUT2D eigenvalue weighted by molar-refractivity contribution is 7.09. The normalized spacial score (nSPS) is 13.0. The summed E-state index contributed by atoms with van der Waals surface area (Å²) in [5.41, 5.74) is 1.73. The van der Waals surface area contributed by atoms with E-state index in [4.69, 9.17) is 4.42 Å². The van der Waals surface area contributed by atoms with Crippen molar-refractivity contribution in [3.8, 4) is 0 Å². The van der Waals surface area contributed by atoms with E-state index in [1.807, 2.05) is 12.3 Å². The molecule has 0 radical (unpaired) electrons. The van der Waals surface area contributed by atoms with Crippen LogP contribution in [0.25, 0.3) is 0 Å². The Kier molecular flexibility index (Phi) is 2.65. The third-order valence-corrected chi connectivity index (χ3v) is 2.82. The summed E-state index contributed by atoms with van der Waals surface area (Å²) in [5.74, 6) is 0. The zero-order valence-electron chi connectivity index (χ0n) is 7.80. The first kappa shape index (κ1) is 9.43. The predicted molar refractivity (Wildman–Crippen MR) is 54.2 cm³/mol. The largest absolute Gasteiger partial charge is 0.472 e. The highest BCUT2D eigenvalue weighted by atomic mass is 32.1. The number of nitrogens with zero attached hydrogens (tertiary/aromatic N) is 1. The molecule has 0 saturated heterocycles. The molecule has 3 nitrogen and oxygen atoms in total. The maximum Gasteiger partial charge on any atom is 0.0960 e. The molecule has 0 aliphatic heterocycles. The smallest absolute Gasteiger partial charge is 0.0960 e.